The Hall–Kier alpha value is -4.28. The zero-order valence-electron chi connectivity index (χ0n) is 19.8. The topological polar surface area (TPSA) is 185 Å². The lowest BCUT2D eigenvalue weighted by molar-refractivity contribution is -0.142. The first-order valence-electron chi connectivity index (χ1n) is 11.1. The van der Waals surface area contributed by atoms with E-state index in [2.05, 4.69) is 25.9 Å². The molecule has 11 heteroatoms. The summed E-state index contributed by atoms with van der Waals surface area (Å²) in [5.41, 5.74) is 13.7. The Bertz CT molecular complexity index is 1080. The first-order valence-corrected chi connectivity index (χ1v) is 11.1. The van der Waals surface area contributed by atoms with Crippen LogP contribution in [0.2, 0.25) is 0 Å². The number of aliphatic carboxylic acids is 1. The van der Waals surface area contributed by atoms with Crippen molar-refractivity contribution < 1.29 is 19.5 Å². The highest BCUT2D eigenvalue weighted by Gasteiger charge is 2.26. The molecule has 3 amide bonds. The van der Waals surface area contributed by atoms with Gasteiger partial charge in [0.05, 0.1) is 5.69 Å². The number of urea groups is 1. The summed E-state index contributed by atoms with van der Waals surface area (Å²) in [7, 11) is 0. The number of azo groups is 1. The van der Waals surface area contributed by atoms with E-state index in [4.69, 9.17) is 11.5 Å². The van der Waals surface area contributed by atoms with Gasteiger partial charge in [0, 0.05) is 13.0 Å². The van der Waals surface area contributed by atoms with E-state index < -0.39 is 30.0 Å². The van der Waals surface area contributed by atoms with Crippen molar-refractivity contribution in [2.75, 3.05) is 6.54 Å². The average Bonchev–Trinajstić information content (AvgIpc) is 2.81. The van der Waals surface area contributed by atoms with Crippen LogP contribution in [0, 0.1) is 13.8 Å². The Morgan fingerprint density at radius 3 is 2.34 bits per heavy atom. The van der Waals surface area contributed by atoms with E-state index in [1.54, 1.807) is 36.4 Å². The number of aryl methyl sites for hydroxylation is 1. The van der Waals surface area contributed by atoms with Gasteiger partial charge in [-0.3, -0.25) is 9.79 Å². The maximum absolute atomic E-state index is 13.0. The third-order valence-electron chi connectivity index (χ3n) is 5.28. The van der Waals surface area contributed by atoms with Crippen LogP contribution >= 0.6 is 0 Å². The van der Waals surface area contributed by atoms with Crippen LogP contribution in [0.15, 0.2) is 63.8 Å². The maximum atomic E-state index is 13.0. The molecule has 186 valence electrons. The molecule has 2 aromatic rings. The number of amides is 3. The molecule has 35 heavy (non-hydrogen) atoms. The number of benzene rings is 2. The largest absolute Gasteiger partial charge is 0.480 e. The first-order chi connectivity index (χ1) is 16.7. The van der Waals surface area contributed by atoms with Crippen molar-refractivity contribution in [2.24, 2.45) is 26.7 Å². The van der Waals surface area contributed by atoms with Gasteiger partial charge in [0.2, 0.25) is 5.91 Å². The van der Waals surface area contributed by atoms with Crippen molar-refractivity contribution in [2.45, 2.75) is 45.2 Å². The van der Waals surface area contributed by atoms with Crippen molar-refractivity contribution in [3.8, 4) is 0 Å². The third kappa shape index (κ3) is 9.24. The van der Waals surface area contributed by atoms with Crippen LogP contribution in [0.3, 0.4) is 0 Å². The highest BCUT2D eigenvalue weighted by molar-refractivity contribution is 5.90. The zero-order chi connectivity index (χ0) is 25.8. The summed E-state index contributed by atoms with van der Waals surface area (Å²) in [5, 5.41) is 22.2. The lowest BCUT2D eigenvalue weighted by Crippen LogP contribution is -2.52. The van der Waals surface area contributed by atoms with Crippen LogP contribution in [0.25, 0.3) is 0 Å². The van der Waals surface area contributed by atoms with Crippen LogP contribution in [-0.2, 0) is 16.0 Å². The van der Waals surface area contributed by atoms with Crippen molar-refractivity contribution in [1.82, 2.24) is 10.6 Å². The SMILES string of the molecule is Cc1cccc(N=NC(=O)N[C@@H](Cc2ccccc2)C(=O)N[C@@H](CCCN=C(N)N)C(=O)O)c1C. The minimum atomic E-state index is -1.21. The lowest BCUT2D eigenvalue weighted by atomic mass is 10.0. The minimum Gasteiger partial charge on any atom is -0.480 e. The summed E-state index contributed by atoms with van der Waals surface area (Å²) < 4.78 is 0. The molecule has 2 atom stereocenters. The molecule has 0 heterocycles. The zero-order valence-corrected chi connectivity index (χ0v) is 19.8. The molecule has 0 bridgehead atoms. The number of nitrogens with zero attached hydrogens (tertiary/aromatic N) is 3. The van der Waals surface area contributed by atoms with Crippen molar-refractivity contribution in [3.05, 3.63) is 65.2 Å². The second-order valence-corrected chi connectivity index (χ2v) is 7.96. The monoisotopic (exact) mass is 481 g/mol. The number of carboxylic acids is 1. The van der Waals surface area contributed by atoms with Gasteiger partial charge in [0.25, 0.3) is 0 Å². The van der Waals surface area contributed by atoms with E-state index in [0.717, 1.165) is 16.7 Å². The molecule has 0 aliphatic heterocycles. The third-order valence-corrected chi connectivity index (χ3v) is 5.28. The van der Waals surface area contributed by atoms with Crippen LogP contribution < -0.4 is 22.1 Å². The van der Waals surface area contributed by atoms with E-state index in [0.29, 0.717) is 12.1 Å². The second kappa shape index (κ2) is 13.4. The molecule has 0 spiro atoms. The van der Waals surface area contributed by atoms with E-state index in [9.17, 15) is 19.5 Å². The van der Waals surface area contributed by atoms with E-state index >= 15 is 0 Å². The highest BCUT2D eigenvalue weighted by Crippen LogP contribution is 2.21. The summed E-state index contributed by atoms with van der Waals surface area (Å²) in [6.45, 7) is 4.02. The molecule has 0 unspecified atom stereocenters. The van der Waals surface area contributed by atoms with Crippen LogP contribution in [0.5, 0.6) is 0 Å². The summed E-state index contributed by atoms with van der Waals surface area (Å²) in [5.74, 6) is -1.96. The van der Waals surface area contributed by atoms with Gasteiger partial charge in [0.15, 0.2) is 5.96 Å². The number of nitrogens with two attached hydrogens (primary N) is 2. The minimum absolute atomic E-state index is 0.0958. The fourth-order valence-electron chi connectivity index (χ4n) is 3.21. The summed E-state index contributed by atoms with van der Waals surface area (Å²) in [6, 6.07) is 11.4. The van der Waals surface area contributed by atoms with E-state index in [1.165, 1.54) is 0 Å². The lowest BCUT2D eigenvalue weighted by Gasteiger charge is -2.20. The number of guanidine groups is 1. The summed E-state index contributed by atoms with van der Waals surface area (Å²) >= 11 is 0. The molecule has 0 saturated heterocycles. The molecule has 2 rings (SSSR count). The number of carboxylic acid groups (broad SMARTS) is 1. The number of hydrogen-bond donors (Lipinski definition) is 5. The highest BCUT2D eigenvalue weighted by atomic mass is 16.4. The molecule has 7 N–H and O–H groups in total. The number of carbonyl (C=O) groups is 3. The maximum Gasteiger partial charge on any atom is 0.360 e. The predicted octanol–water partition coefficient (Wildman–Crippen LogP) is 2.33. The molecule has 2 aromatic carbocycles. The van der Waals surface area contributed by atoms with Crippen molar-refractivity contribution in [3.63, 3.8) is 0 Å². The molecule has 0 radical (unpaired) electrons. The van der Waals surface area contributed by atoms with Crippen molar-refractivity contribution in [1.29, 1.82) is 0 Å². The Morgan fingerprint density at radius 2 is 1.69 bits per heavy atom. The first kappa shape index (κ1) is 27.0. The van der Waals surface area contributed by atoms with E-state index in [1.807, 2.05) is 26.0 Å². The Morgan fingerprint density at radius 1 is 0.971 bits per heavy atom. The van der Waals surface area contributed by atoms with Gasteiger partial charge in [-0.15, -0.1) is 5.11 Å². The molecule has 11 nitrogen and oxygen atoms in total. The molecular formula is C24H31N7O4. The fraction of sp³-hybridized carbons (Fsp3) is 0.333. The number of nitrogens with one attached hydrogen (secondary N) is 2. The van der Waals surface area contributed by atoms with Gasteiger partial charge in [-0.1, -0.05) is 47.6 Å². The summed E-state index contributed by atoms with van der Waals surface area (Å²) in [6.07, 6.45) is 0.586. The van der Waals surface area contributed by atoms with Gasteiger partial charge in [-0.2, -0.15) is 0 Å². The van der Waals surface area contributed by atoms with Crippen LogP contribution in [0.4, 0.5) is 10.5 Å². The quantitative estimate of drug-likeness (QED) is 0.142. The Kier molecular flexibility index (Phi) is 10.3. The number of aliphatic imine (C=N–C) groups is 1. The molecule has 0 aromatic heterocycles. The van der Waals surface area contributed by atoms with Crippen LogP contribution in [-0.4, -0.2) is 47.6 Å². The van der Waals surface area contributed by atoms with Crippen LogP contribution in [0.1, 0.15) is 29.5 Å². The van der Waals surface area contributed by atoms with Gasteiger partial charge in [-0.25, -0.2) is 9.59 Å². The summed E-state index contributed by atoms with van der Waals surface area (Å²) in [4.78, 5) is 41.0. The Balaban J connectivity index is 2.13. The molecule has 0 aliphatic rings. The smallest absolute Gasteiger partial charge is 0.360 e. The molecule has 0 saturated carbocycles. The standard InChI is InChI=1S/C24H31N7O4/c1-15-8-6-11-18(16(15)2)30-31-24(35)29-20(14-17-9-4-3-5-10-17)21(32)28-19(22(33)34)12-7-13-27-23(25)26/h3-6,8-11,19-20H,7,12-14H2,1-2H3,(H,28,32)(H,29,35)(H,33,34)(H4,25,26,27)/t19-,20-/m0/s1. The van der Waals surface area contributed by atoms with Gasteiger partial charge in [-0.05, 0) is 49.4 Å². The molecule has 0 fully saturated rings. The number of rotatable bonds is 11. The van der Waals surface area contributed by atoms with Crippen molar-refractivity contribution >= 4 is 29.6 Å². The number of hydrogen-bond acceptors (Lipinski definition) is 5. The number of carbonyl (C=O) groups excluding carboxylic acids is 2. The van der Waals surface area contributed by atoms with E-state index in [-0.39, 0.29) is 25.3 Å². The fourth-order valence-corrected chi connectivity index (χ4v) is 3.21. The second-order valence-electron chi connectivity index (χ2n) is 7.96. The predicted molar refractivity (Wildman–Crippen MR) is 132 cm³/mol. The Labute approximate surface area is 203 Å². The molecule has 0 aliphatic carbocycles. The molecular weight excluding hydrogens is 450 g/mol. The average molecular weight is 482 g/mol. The normalized spacial score (nSPS) is 12.5. The van der Waals surface area contributed by atoms with Gasteiger partial charge < -0.3 is 27.2 Å². The van der Waals surface area contributed by atoms with Gasteiger partial charge >= 0.3 is 12.0 Å². The van der Waals surface area contributed by atoms with Gasteiger partial charge in [0.1, 0.15) is 12.1 Å².